The van der Waals surface area contributed by atoms with Gasteiger partial charge in [-0.1, -0.05) is 30.1 Å². The molecule has 1 aromatic rings. The third kappa shape index (κ3) is 1.65. The van der Waals surface area contributed by atoms with Crippen LogP contribution in [0.2, 0.25) is 10.0 Å². The molecule has 0 unspecified atom stereocenters. The average Bonchev–Trinajstić information content (AvgIpc) is 1.88. The van der Waals surface area contributed by atoms with Crippen molar-refractivity contribution in [1.82, 2.24) is 0 Å². The fraction of sp³-hybridized carbons (Fsp3) is 0.250. The van der Waals surface area contributed by atoms with Crippen LogP contribution in [0.15, 0.2) is 12.1 Å². The van der Waals surface area contributed by atoms with E-state index in [1.54, 1.807) is 6.07 Å². The zero-order valence-electron chi connectivity index (χ0n) is 5.62. The Hall–Kier alpha value is -0.200. The van der Waals surface area contributed by atoms with Crippen LogP contribution in [0.1, 0.15) is 12.5 Å². The molecule has 1 rings (SSSR count). The van der Waals surface area contributed by atoms with Crippen LogP contribution in [-0.2, 0) is 6.42 Å². The first-order valence-corrected chi connectivity index (χ1v) is 3.85. The van der Waals surface area contributed by atoms with E-state index >= 15 is 0 Å². The molecule has 1 radical (unpaired) electrons. The van der Waals surface area contributed by atoms with Gasteiger partial charge >= 0.3 is 0 Å². The molecular weight excluding hydrogens is 167 g/mol. The van der Waals surface area contributed by atoms with Crippen molar-refractivity contribution in [2.45, 2.75) is 13.3 Å². The second kappa shape index (κ2) is 3.27. The van der Waals surface area contributed by atoms with Crippen LogP contribution in [0.4, 0.5) is 0 Å². The van der Waals surface area contributed by atoms with E-state index in [0.717, 1.165) is 17.0 Å². The van der Waals surface area contributed by atoms with Gasteiger partial charge in [-0.2, -0.15) is 0 Å². The van der Waals surface area contributed by atoms with Crippen molar-refractivity contribution in [3.05, 3.63) is 33.8 Å². The summed E-state index contributed by atoms with van der Waals surface area (Å²) in [4.78, 5) is 0. The Kier molecular flexibility index (Phi) is 2.58. The van der Waals surface area contributed by atoms with E-state index in [0.29, 0.717) is 5.02 Å². The Balaban J connectivity index is 3.07. The number of hydrogen-bond acceptors (Lipinski definition) is 0. The van der Waals surface area contributed by atoms with Crippen LogP contribution >= 0.6 is 23.2 Å². The maximum absolute atomic E-state index is 5.83. The highest BCUT2D eigenvalue weighted by Crippen LogP contribution is 2.20. The predicted molar refractivity (Wildman–Crippen MR) is 44.7 cm³/mol. The Morgan fingerprint density at radius 3 is 2.70 bits per heavy atom. The molecule has 0 spiro atoms. The van der Waals surface area contributed by atoms with Crippen molar-refractivity contribution in [3.63, 3.8) is 0 Å². The number of halogens is 2. The molecular formula is C8H7Cl2. The standard InChI is InChI=1S/C8H7Cl2/c1-2-6-3-4-7(9)5-8(6)10/h3,5H,2H2,1H3. The van der Waals surface area contributed by atoms with Crippen molar-refractivity contribution >= 4 is 23.2 Å². The molecule has 0 aromatic heterocycles. The minimum atomic E-state index is 0.571. The van der Waals surface area contributed by atoms with Crippen LogP contribution in [0.25, 0.3) is 0 Å². The van der Waals surface area contributed by atoms with Crippen molar-refractivity contribution in [2.24, 2.45) is 0 Å². The Bertz CT molecular complexity index is 231. The summed E-state index contributed by atoms with van der Waals surface area (Å²) in [6, 6.07) is 6.41. The van der Waals surface area contributed by atoms with Gasteiger partial charge in [-0.25, -0.2) is 0 Å². The molecule has 0 atom stereocenters. The SMILES string of the molecule is CCc1c[c]c(Cl)cc1Cl. The largest absolute Gasteiger partial charge is 0.0840 e. The minimum Gasteiger partial charge on any atom is -0.0840 e. The summed E-state index contributed by atoms with van der Waals surface area (Å²) < 4.78 is 0. The van der Waals surface area contributed by atoms with Gasteiger partial charge in [0.1, 0.15) is 0 Å². The molecule has 0 aliphatic heterocycles. The number of aryl methyl sites for hydroxylation is 1. The molecule has 0 saturated carbocycles. The van der Waals surface area contributed by atoms with Crippen LogP contribution < -0.4 is 0 Å². The van der Waals surface area contributed by atoms with Gasteiger partial charge in [0, 0.05) is 16.1 Å². The summed E-state index contributed by atoms with van der Waals surface area (Å²) in [7, 11) is 0. The van der Waals surface area contributed by atoms with Crippen molar-refractivity contribution in [1.29, 1.82) is 0 Å². The van der Waals surface area contributed by atoms with Crippen molar-refractivity contribution < 1.29 is 0 Å². The maximum Gasteiger partial charge on any atom is 0.0499 e. The van der Waals surface area contributed by atoms with E-state index in [9.17, 15) is 0 Å². The summed E-state index contributed by atoms with van der Waals surface area (Å²) in [6.45, 7) is 2.04. The lowest BCUT2D eigenvalue weighted by atomic mass is 10.2. The molecule has 0 fully saturated rings. The molecule has 10 heavy (non-hydrogen) atoms. The third-order valence-electron chi connectivity index (χ3n) is 1.33. The molecule has 2 heteroatoms. The molecule has 0 heterocycles. The first-order chi connectivity index (χ1) is 4.74. The van der Waals surface area contributed by atoms with E-state index < -0.39 is 0 Å². The Morgan fingerprint density at radius 2 is 2.20 bits per heavy atom. The van der Waals surface area contributed by atoms with Gasteiger partial charge in [0.05, 0.1) is 0 Å². The second-order valence-corrected chi connectivity index (χ2v) is 2.82. The normalized spacial score (nSPS) is 9.90. The summed E-state index contributed by atoms with van der Waals surface area (Å²) in [5.41, 5.74) is 1.09. The molecule has 0 aliphatic rings. The van der Waals surface area contributed by atoms with Gasteiger partial charge in [-0.3, -0.25) is 0 Å². The van der Waals surface area contributed by atoms with Crippen LogP contribution in [0.5, 0.6) is 0 Å². The molecule has 0 N–H and O–H groups in total. The second-order valence-electron chi connectivity index (χ2n) is 2.01. The third-order valence-corrected chi connectivity index (χ3v) is 1.90. The van der Waals surface area contributed by atoms with Crippen molar-refractivity contribution in [2.75, 3.05) is 0 Å². The van der Waals surface area contributed by atoms with Crippen LogP contribution in [-0.4, -0.2) is 0 Å². The Labute approximate surface area is 70.8 Å². The summed E-state index contributed by atoms with van der Waals surface area (Å²) in [6.07, 6.45) is 0.923. The van der Waals surface area contributed by atoms with Crippen LogP contribution in [0, 0.1) is 6.07 Å². The monoisotopic (exact) mass is 173 g/mol. The number of benzene rings is 1. The average molecular weight is 174 g/mol. The lowest BCUT2D eigenvalue weighted by molar-refractivity contribution is 1.14. The molecule has 53 valence electrons. The van der Waals surface area contributed by atoms with Crippen molar-refractivity contribution in [3.8, 4) is 0 Å². The topological polar surface area (TPSA) is 0 Å². The summed E-state index contributed by atoms with van der Waals surface area (Å²) in [5.74, 6) is 0. The first kappa shape index (κ1) is 7.90. The molecule has 0 amide bonds. The van der Waals surface area contributed by atoms with Gasteiger partial charge in [0.2, 0.25) is 0 Å². The van der Waals surface area contributed by atoms with Gasteiger partial charge in [0.15, 0.2) is 0 Å². The smallest absolute Gasteiger partial charge is 0.0499 e. The zero-order chi connectivity index (χ0) is 7.56. The van der Waals surface area contributed by atoms with Gasteiger partial charge in [0.25, 0.3) is 0 Å². The van der Waals surface area contributed by atoms with Crippen LogP contribution in [0.3, 0.4) is 0 Å². The lowest BCUT2D eigenvalue weighted by Crippen LogP contribution is -1.80. The first-order valence-electron chi connectivity index (χ1n) is 3.09. The maximum atomic E-state index is 5.83. The fourth-order valence-electron chi connectivity index (χ4n) is 0.742. The minimum absolute atomic E-state index is 0.571. The Morgan fingerprint density at radius 1 is 1.50 bits per heavy atom. The zero-order valence-corrected chi connectivity index (χ0v) is 7.13. The van der Waals surface area contributed by atoms with E-state index in [4.69, 9.17) is 23.2 Å². The number of hydrogen-bond donors (Lipinski definition) is 0. The molecule has 1 aromatic carbocycles. The lowest BCUT2D eigenvalue weighted by Gasteiger charge is -1.98. The quantitative estimate of drug-likeness (QED) is 0.612. The molecule has 0 aliphatic carbocycles. The van der Waals surface area contributed by atoms with Gasteiger partial charge < -0.3 is 0 Å². The summed E-state index contributed by atoms with van der Waals surface area (Å²) in [5, 5.41) is 1.30. The molecule has 0 bridgehead atoms. The van der Waals surface area contributed by atoms with E-state index in [1.807, 2.05) is 13.0 Å². The van der Waals surface area contributed by atoms with Gasteiger partial charge in [-0.15, -0.1) is 0 Å². The highest BCUT2D eigenvalue weighted by molar-refractivity contribution is 6.34. The van der Waals surface area contributed by atoms with E-state index in [-0.39, 0.29) is 0 Å². The molecule has 0 saturated heterocycles. The predicted octanol–water partition coefficient (Wildman–Crippen LogP) is 3.36. The fourth-order valence-corrected chi connectivity index (χ4v) is 1.26. The summed E-state index contributed by atoms with van der Waals surface area (Å²) >= 11 is 11.5. The molecule has 0 nitrogen and oxygen atoms in total. The van der Waals surface area contributed by atoms with E-state index in [1.165, 1.54) is 0 Å². The highest BCUT2D eigenvalue weighted by Gasteiger charge is 1.97. The highest BCUT2D eigenvalue weighted by atomic mass is 35.5. The van der Waals surface area contributed by atoms with Gasteiger partial charge in [-0.05, 0) is 24.1 Å². The van der Waals surface area contributed by atoms with E-state index in [2.05, 4.69) is 6.07 Å². The number of rotatable bonds is 1.